The van der Waals surface area contributed by atoms with Crippen LogP contribution in [0.25, 0.3) is 0 Å². The lowest BCUT2D eigenvalue weighted by Crippen LogP contribution is -2.48. The minimum absolute atomic E-state index is 0.0329. The number of hydrogen-bond acceptors (Lipinski definition) is 4. The fourth-order valence-electron chi connectivity index (χ4n) is 1.52. The van der Waals surface area contributed by atoms with Crippen molar-refractivity contribution in [3.63, 3.8) is 0 Å². The highest BCUT2D eigenvalue weighted by Crippen LogP contribution is 2.13. The lowest BCUT2D eigenvalue weighted by Gasteiger charge is -2.10. The monoisotopic (exact) mass is 445 g/mol. The molecule has 0 saturated heterocycles. The van der Waals surface area contributed by atoms with E-state index in [1.807, 2.05) is 13.0 Å². The maximum Gasteiger partial charge on any atom is 0.279 e. The summed E-state index contributed by atoms with van der Waals surface area (Å²) in [5.74, 6) is -0.641. The first-order valence-electron chi connectivity index (χ1n) is 6.18. The molecule has 5 nitrogen and oxygen atoms in total. The first kappa shape index (κ1) is 16.8. The van der Waals surface area contributed by atoms with Gasteiger partial charge < -0.3 is 0 Å². The Morgan fingerprint density at radius 2 is 1.95 bits per heavy atom. The fraction of sp³-hybridized carbons (Fsp3) is 0.0714. The summed E-state index contributed by atoms with van der Waals surface area (Å²) in [6.07, 6.45) is 0. The Kier molecular flexibility index (Phi) is 5.86. The van der Waals surface area contributed by atoms with E-state index in [9.17, 15) is 9.59 Å². The molecule has 0 aliphatic rings. The molecule has 2 rings (SSSR count). The van der Waals surface area contributed by atoms with Crippen molar-refractivity contribution in [1.82, 2.24) is 16.2 Å². The van der Waals surface area contributed by atoms with Crippen molar-refractivity contribution in [3.8, 4) is 0 Å². The standard InChI is InChI=1S/C14H12IN3O2S2/c1-8-4-5-9(7-10(8)15)12(19)16-14(21)18-17-13(20)11-3-2-6-22-11/h2-7H,1H3,(H,17,20)(H2,16,18,19,21). The topological polar surface area (TPSA) is 70.2 Å². The quantitative estimate of drug-likeness (QED) is 0.378. The van der Waals surface area contributed by atoms with Crippen LogP contribution in [-0.2, 0) is 0 Å². The van der Waals surface area contributed by atoms with Crippen molar-refractivity contribution in [2.24, 2.45) is 0 Å². The van der Waals surface area contributed by atoms with Gasteiger partial charge in [0.05, 0.1) is 4.88 Å². The van der Waals surface area contributed by atoms with Crippen molar-refractivity contribution in [1.29, 1.82) is 0 Å². The molecular weight excluding hydrogens is 433 g/mol. The van der Waals surface area contributed by atoms with Gasteiger partial charge in [0.2, 0.25) is 0 Å². The number of hydrazine groups is 1. The number of nitrogens with one attached hydrogen (secondary N) is 3. The molecule has 0 fully saturated rings. The van der Waals surface area contributed by atoms with Gasteiger partial charge in [-0.2, -0.15) is 0 Å². The van der Waals surface area contributed by atoms with E-state index in [0.717, 1.165) is 9.13 Å². The van der Waals surface area contributed by atoms with Crippen molar-refractivity contribution < 1.29 is 9.59 Å². The van der Waals surface area contributed by atoms with E-state index >= 15 is 0 Å². The number of carbonyl (C=O) groups is 2. The van der Waals surface area contributed by atoms with Gasteiger partial charge in [-0.3, -0.25) is 25.8 Å². The molecule has 0 radical (unpaired) electrons. The smallest absolute Gasteiger partial charge is 0.279 e. The first-order valence-corrected chi connectivity index (χ1v) is 8.55. The Labute approximate surface area is 150 Å². The van der Waals surface area contributed by atoms with E-state index in [-0.39, 0.29) is 16.9 Å². The minimum Gasteiger partial charge on any atom is -0.298 e. The summed E-state index contributed by atoms with van der Waals surface area (Å²) in [5.41, 5.74) is 6.53. The second kappa shape index (κ2) is 7.65. The molecule has 1 aromatic carbocycles. The maximum absolute atomic E-state index is 12.0. The van der Waals surface area contributed by atoms with Crippen LogP contribution in [0.4, 0.5) is 0 Å². The van der Waals surface area contributed by atoms with Gasteiger partial charge in [0, 0.05) is 9.13 Å². The minimum atomic E-state index is -0.333. The molecule has 0 unspecified atom stereocenters. The van der Waals surface area contributed by atoms with Gasteiger partial charge in [-0.1, -0.05) is 12.1 Å². The highest BCUT2D eigenvalue weighted by atomic mass is 127. The number of hydrogen-bond donors (Lipinski definition) is 3. The van der Waals surface area contributed by atoms with Crippen molar-refractivity contribution in [3.05, 3.63) is 55.3 Å². The number of carbonyl (C=O) groups excluding carboxylic acids is 2. The molecule has 0 aliphatic carbocycles. The van der Waals surface area contributed by atoms with Crippen LogP contribution in [0, 0.1) is 10.5 Å². The van der Waals surface area contributed by atoms with Crippen LogP contribution >= 0.6 is 46.1 Å². The van der Waals surface area contributed by atoms with E-state index < -0.39 is 0 Å². The van der Waals surface area contributed by atoms with Crippen LogP contribution in [0.15, 0.2) is 35.7 Å². The Hall–Kier alpha value is -1.52. The zero-order valence-corrected chi connectivity index (χ0v) is 15.3. The third-order valence-corrected chi connectivity index (χ3v) is 4.93. The second-order valence-electron chi connectivity index (χ2n) is 4.30. The summed E-state index contributed by atoms with van der Waals surface area (Å²) in [5, 5.41) is 4.34. The van der Waals surface area contributed by atoms with Gasteiger partial charge in [0.15, 0.2) is 5.11 Å². The molecular formula is C14H12IN3O2S2. The molecule has 0 aliphatic heterocycles. The van der Waals surface area contributed by atoms with Crippen LogP contribution < -0.4 is 16.2 Å². The average Bonchev–Trinajstić information content (AvgIpc) is 3.02. The van der Waals surface area contributed by atoms with Gasteiger partial charge in [-0.25, -0.2) is 0 Å². The highest BCUT2D eigenvalue weighted by molar-refractivity contribution is 14.1. The van der Waals surface area contributed by atoms with Crippen LogP contribution in [0.1, 0.15) is 25.6 Å². The number of thiocarbonyl (C=S) groups is 1. The molecule has 0 bridgehead atoms. The molecule has 2 amide bonds. The lowest BCUT2D eigenvalue weighted by atomic mass is 10.1. The Morgan fingerprint density at radius 3 is 2.59 bits per heavy atom. The van der Waals surface area contributed by atoms with Gasteiger partial charge in [0.25, 0.3) is 11.8 Å². The van der Waals surface area contributed by atoms with Crippen LogP contribution in [0.3, 0.4) is 0 Å². The van der Waals surface area contributed by atoms with E-state index in [4.69, 9.17) is 12.2 Å². The molecule has 0 atom stereocenters. The molecule has 0 spiro atoms. The van der Waals surface area contributed by atoms with Crippen molar-refractivity contribution in [2.45, 2.75) is 6.92 Å². The van der Waals surface area contributed by atoms with E-state index in [1.54, 1.807) is 29.6 Å². The summed E-state index contributed by atoms with van der Waals surface area (Å²) in [7, 11) is 0. The Bertz CT molecular complexity index is 717. The van der Waals surface area contributed by atoms with E-state index in [0.29, 0.717) is 10.4 Å². The van der Waals surface area contributed by atoms with Gasteiger partial charge in [-0.05, 0) is 70.9 Å². The fourth-order valence-corrected chi connectivity index (χ4v) is 2.80. The third-order valence-electron chi connectivity index (χ3n) is 2.70. The number of thiophene rings is 1. The summed E-state index contributed by atoms with van der Waals surface area (Å²) in [4.78, 5) is 24.3. The van der Waals surface area contributed by atoms with Gasteiger partial charge in [-0.15, -0.1) is 11.3 Å². The summed E-state index contributed by atoms with van der Waals surface area (Å²) < 4.78 is 0.995. The Balaban J connectivity index is 1.87. The number of amides is 2. The Morgan fingerprint density at radius 1 is 1.18 bits per heavy atom. The van der Waals surface area contributed by atoms with Gasteiger partial charge in [0.1, 0.15) is 0 Å². The zero-order chi connectivity index (χ0) is 16.1. The summed E-state index contributed by atoms with van der Waals surface area (Å²) >= 11 is 8.46. The average molecular weight is 445 g/mol. The highest BCUT2D eigenvalue weighted by Gasteiger charge is 2.10. The summed E-state index contributed by atoms with van der Waals surface area (Å²) in [6, 6.07) is 8.83. The molecule has 2 aromatic rings. The zero-order valence-electron chi connectivity index (χ0n) is 11.5. The number of rotatable bonds is 2. The second-order valence-corrected chi connectivity index (χ2v) is 6.82. The largest absolute Gasteiger partial charge is 0.298 e. The van der Waals surface area contributed by atoms with Crippen LogP contribution in [-0.4, -0.2) is 16.9 Å². The molecule has 1 heterocycles. The number of benzene rings is 1. The molecule has 114 valence electrons. The molecule has 0 saturated carbocycles. The van der Waals surface area contributed by atoms with Crippen molar-refractivity contribution >= 4 is 63.1 Å². The molecule has 3 N–H and O–H groups in total. The van der Waals surface area contributed by atoms with E-state index in [1.165, 1.54) is 11.3 Å². The van der Waals surface area contributed by atoms with Crippen LogP contribution in [0.5, 0.6) is 0 Å². The van der Waals surface area contributed by atoms with E-state index in [2.05, 4.69) is 38.8 Å². The lowest BCUT2D eigenvalue weighted by molar-refractivity contribution is 0.0938. The third kappa shape index (κ3) is 4.49. The SMILES string of the molecule is Cc1ccc(C(=O)NC(=S)NNC(=O)c2cccs2)cc1I. The van der Waals surface area contributed by atoms with Gasteiger partial charge >= 0.3 is 0 Å². The molecule has 8 heteroatoms. The predicted octanol–water partition coefficient (Wildman–Crippen LogP) is 2.61. The molecule has 22 heavy (non-hydrogen) atoms. The summed E-state index contributed by atoms with van der Waals surface area (Å²) in [6.45, 7) is 1.97. The number of aryl methyl sites for hydroxylation is 1. The van der Waals surface area contributed by atoms with Crippen molar-refractivity contribution in [2.75, 3.05) is 0 Å². The molecule has 1 aromatic heterocycles. The first-order chi connectivity index (χ1) is 10.5. The number of halogens is 1. The predicted molar refractivity (Wildman–Crippen MR) is 98.9 cm³/mol. The normalized spacial score (nSPS) is 9.91. The maximum atomic E-state index is 12.0. The van der Waals surface area contributed by atoms with Crippen LogP contribution in [0.2, 0.25) is 0 Å².